The molecule has 0 aliphatic heterocycles. The number of thiazole rings is 1. The Morgan fingerprint density at radius 3 is 2.65 bits per heavy atom. The summed E-state index contributed by atoms with van der Waals surface area (Å²) < 4.78 is 38.4. The molecule has 2 rings (SSSR count). The molecular formula is C17H17F3N2O3S. The second kappa shape index (κ2) is 8.31. The number of amides is 1. The number of benzene rings is 1. The number of halogens is 3. The van der Waals surface area contributed by atoms with Crippen LogP contribution in [-0.4, -0.2) is 40.0 Å². The van der Waals surface area contributed by atoms with Crippen molar-refractivity contribution in [3.63, 3.8) is 0 Å². The van der Waals surface area contributed by atoms with E-state index in [-0.39, 0.29) is 12.3 Å². The van der Waals surface area contributed by atoms with Gasteiger partial charge in [0.25, 0.3) is 0 Å². The Labute approximate surface area is 152 Å². The SMILES string of the molecule is CCCN(CC(=O)O)C(=O)Cc1csc(-c2cccc(C(F)(F)F)c2)n1. The Bertz CT molecular complexity index is 790. The highest BCUT2D eigenvalue weighted by Crippen LogP contribution is 2.33. The van der Waals surface area contributed by atoms with Crippen molar-refractivity contribution >= 4 is 23.2 Å². The lowest BCUT2D eigenvalue weighted by molar-refractivity contribution is -0.144. The summed E-state index contributed by atoms with van der Waals surface area (Å²) in [6, 6.07) is 4.82. The van der Waals surface area contributed by atoms with Crippen LogP contribution in [0.4, 0.5) is 13.2 Å². The second-order valence-electron chi connectivity index (χ2n) is 5.61. The van der Waals surface area contributed by atoms with Crippen molar-refractivity contribution in [2.45, 2.75) is 25.9 Å². The fourth-order valence-electron chi connectivity index (χ4n) is 2.34. The van der Waals surface area contributed by atoms with Crippen molar-refractivity contribution < 1.29 is 27.9 Å². The number of carbonyl (C=O) groups excluding carboxylic acids is 1. The van der Waals surface area contributed by atoms with E-state index in [2.05, 4.69) is 4.98 Å². The summed E-state index contributed by atoms with van der Waals surface area (Å²) in [5.74, 6) is -1.48. The Morgan fingerprint density at radius 2 is 2.04 bits per heavy atom. The smallest absolute Gasteiger partial charge is 0.416 e. The predicted molar refractivity (Wildman–Crippen MR) is 90.8 cm³/mol. The number of alkyl halides is 3. The van der Waals surface area contributed by atoms with Crippen LogP contribution in [0.2, 0.25) is 0 Å². The van der Waals surface area contributed by atoms with E-state index in [0.29, 0.717) is 29.2 Å². The highest BCUT2D eigenvalue weighted by molar-refractivity contribution is 7.13. The van der Waals surface area contributed by atoms with E-state index < -0.39 is 24.3 Å². The van der Waals surface area contributed by atoms with Gasteiger partial charge in [0, 0.05) is 17.5 Å². The van der Waals surface area contributed by atoms with E-state index in [4.69, 9.17) is 5.11 Å². The first-order valence-corrected chi connectivity index (χ1v) is 8.70. The van der Waals surface area contributed by atoms with Crippen LogP contribution < -0.4 is 0 Å². The van der Waals surface area contributed by atoms with Gasteiger partial charge in [-0.3, -0.25) is 9.59 Å². The molecule has 0 bridgehead atoms. The Morgan fingerprint density at radius 1 is 1.31 bits per heavy atom. The van der Waals surface area contributed by atoms with Crippen molar-refractivity contribution in [2.75, 3.05) is 13.1 Å². The summed E-state index contributed by atoms with van der Waals surface area (Å²) in [5.41, 5.74) is -0.0446. The van der Waals surface area contributed by atoms with Gasteiger partial charge in [-0.15, -0.1) is 11.3 Å². The van der Waals surface area contributed by atoms with Crippen molar-refractivity contribution in [1.82, 2.24) is 9.88 Å². The van der Waals surface area contributed by atoms with Crippen LogP contribution in [0.25, 0.3) is 10.6 Å². The fourth-order valence-corrected chi connectivity index (χ4v) is 3.16. The predicted octanol–water partition coefficient (Wildman–Crippen LogP) is 3.69. The molecule has 9 heteroatoms. The standard InChI is InChI=1S/C17H17F3N2O3S/c1-2-6-22(9-15(24)25)14(23)8-13-10-26-16(21-13)11-4-3-5-12(7-11)17(18,19)20/h3-5,7,10H,2,6,8-9H2,1H3,(H,24,25). The molecule has 1 heterocycles. The van der Waals surface area contributed by atoms with Gasteiger partial charge in [0.2, 0.25) is 5.91 Å². The summed E-state index contributed by atoms with van der Waals surface area (Å²) in [6.45, 7) is 1.75. The average Bonchev–Trinajstić information content (AvgIpc) is 3.02. The molecule has 1 N–H and O–H groups in total. The highest BCUT2D eigenvalue weighted by Gasteiger charge is 2.30. The maximum atomic E-state index is 12.8. The normalized spacial score (nSPS) is 11.4. The molecule has 1 aromatic carbocycles. The van der Waals surface area contributed by atoms with Crippen LogP contribution in [0.1, 0.15) is 24.6 Å². The first kappa shape index (κ1) is 19.9. The third-order valence-corrected chi connectivity index (χ3v) is 4.43. The van der Waals surface area contributed by atoms with E-state index in [9.17, 15) is 22.8 Å². The van der Waals surface area contributed by atoms with E-state index in [1.54, 1.807) is 5.38 Å². The Hall–Kier alpha value is -2.42. The number of rotatable bonds is 7. The van der Waals surface area contributed by atoms with E-state index in [0.717, 1.165) is 23.5 Å². The summed E-state index contributed by atoms with van der Waals surface area (Å²) in [7, 11) is 0. The van der Waals surface area contributed by atoms with Gasteiger partial charge in [0.15, 0.2) is 0 Å². The number of hydrogen-bond acceptors (Lipinski definition) is 4. The van der Waals surface area contributed by atoms with Crippen molar-refractivity contribution in [2.24, 2.45) is 0 Å². The van der Waals surface area contributed by atoms with Gasteiger partial charge in [-0.25, -0.2) is 4.98 Å². The molecule has 0 spiro atoms. The van der Waals surface area contributed by atoms with Crippen molar-refractivity contribution in [1.29, 1.82) is 0 Å². The number of hydrogen-bond donors (Lipinski definition) is 1. The van der Waals surface area contributed by atoms with Gasteiger partial charge in [-0.2, -0.15) is 13.2 Å². The molecule has 140 valence electrons. The van der Waals surface area contributed by atoms with Gasteiger partial charge in [-0.1, -0.05) is 19.1 Å². The number of carboxylic acid groups (broad SMARTS) is 1. The molecule has 0 radical (unpaired) electrons. The van der Waals surface area contributed by atoms with Crippen LogP contribution in [0, 0.1) is 0 Å². The van der Waals surface area contributed by atoms with Gasteiger partial charge >= 0.3 is 12.1 Å². The van der Waals surface area contributed by atoms with Crippen molar-refractivity contribution in [3.05, 3.63) is 40.9 Å². The van der Waals surface area contributed by atoms with E-state index in [1.807, 2.05) is 6.92 Å². The minimum Gasteiger partial charge on any atom is -0.480 e. The number of carbonyl (C=O) groups is 2. The van der Waals surface area contributed by atoms with E-state index in [1.165, 1.54) is 17.0 Å². The summed E-state index contributed by atoms with van der Waals surface area (Å²) >= 11 is 1.14. The molecule has 0 fully saturated rings. The molecule has 0 aliphatic rings. The molecule has 0 atom stereocenters. The van der Waals surface area contributed by atoms with Crippen LogP contribution in [0.3, 0.4) is 0 Å². The molecule has 26 heavy (non-hydrogen) atoms. The van der Waals surface area contributed by atoms with E-state index >= 15 is 0 Å². The molecule has 0 aliphatic carbocycles. The maximum Gasteiger partial charge on any atom is 0.416 e. The Balaban J connectivity index is 2.14. The largest absolute Gasteiger partial charge is 0.480 e. The molecule has 5 nitrogen and oxygen atoms in total. The fraction of sp³-hybridized carbons (Fsp3) is 0.353. The lowest BCUT2D eigenvalue weighted by Gasteiger charge is -2.19. The van der Waals surface area contributed by atoms with Gasteiger partial charge in [-0.05, 0) is 18.6 Å². The third kappa shape index (κ3) is 5.29. The van der Waals surface area contributed by atoms with Crippen LogP contribution in [0.5, 0.6) is 0 Å². The van der Waals surface area contributed by atoms with Crippen LogP contribution in [-0.2, 0) is 22.2 Å². The van der Waals surface area contributed by atoms with Crippen molar-refractivity contribution in [3.8, 4) is 10.6 Å². The van der Waals surface area contributed by atoms with Gasteiger partial charge in [0.05, 0.1) is 17.7 Å². The first-order valence-electron chi connectivity index (χ1n) is 7.82. The monoisotopic (exact) mass is 386 g/mol. The minimum atomic E-state index is -4.44. The maximum absolute atomic E-state index is 12.8. The number of nitrogens with zero attached hydrogens (tertiary/aromatic N) is 2. The van der Waals surface area contributed by atoms with Crippen LogP contribution >= 0.6 is 11.3 Å². The Kier molecular flexibility index (Phi) is 6.36. The first-order chi connectivity index (χ1) is 12.2. The number of carboxylic acids is 1. The average molecular weight is 386 g/mol. The lowest BCUT2D eigenvalue weighted by Crippen LogP contribution is -2.37. The molecule has 0 unspecified atom stereocenters. The summed E-state index contributed by atoms with van der Waals surface area (Å²) in [6.07, 6.45) is -3.92. The molecule has 1 aromatic heterocycles. The molecule has 1 amide bonds. The quantitative estimate of drug-likeness (QED) is 0.788. The minimum absolute atomic E-state index is 0.0945. The topological polar surface area (TPSA) is 70.5 Å². The van der Waals surface area contributed by atoms with Gasteiger partial charge < -0.3 is 10.0 Å². The van der Waals surface area contributed by atoms with Gasteiger partial charge in [0.1, 0.15) is 11.6 Å². The summed E-state index contributed by atoms with van der Waals surface area (Å²) in [4.78, 5) is 28.5. The number of aliphatic carboxylic acids is 1. The molecule has 0 saturated carbocycles. The third-order valence-electron chi connectivity index (χ3n) is 3.49. The lowest BCUT2D eigenvalue weighted by atomic mass is 10.1. The molecular weight excluding hydrogens is 369 g/mol. The second-order valence-corrected chi connectivity index (χ2v) is 6.47. The zero-order valence-corrected chi connectivity index (χ0v) is 14.7. The highest BCUT2D eigenvalue weighted by atomic mass is 32.1. The molecule has 0 saturated heterocycles. The zero-order chi connectivity index (χ0) is 19.3. The summed E-state index contributed by atoms with van der Waals surface area (Å²) in [5, 5.41) is 10.8. The zero-order valence-electron chi connectivity index (χ0n) is 13.9. The van der Waals surface area contributed by atoms with Crippen LogP contribution in [0.15, 0.2) is 29.6 Å². The molecule has 2 aromatic rings. The number of aromatic nitrogens is 1.